The van der Waals surface area contributed by atoms with Crippen LogP contribution < -0.4 is 10.3 Å². The second kappa shape index (κ2) is 12.3. The lowest BCUT2D eigenvalue weighted by Gasteiger charge is -2.14. The summed E-state index contributed by atoms with van der Waals surface area (Å²) in [6.45, 7) is 9.85. The van der Waals surface area contributed by atoms with Gasteiger partial charge >= 0.3 is 0 Å². The molecule has 0 amide bonds. The topological polar surface area (TPSA) is 51.5 Å². The fraction of sp³-hybridized carbons (Fsp3) is 0.318. The van der Waals surface area contributed by atoms with Gasteiger partial charge in [-0.05, 0) is 55.3 Å². The number of pyridine rings is 1. The SMILES string of the molecule is C/C=C(\C)CO.C=CCCn1c(C)cc(OCc2ccc(F)cc2F)c(Br)c1=O. The smallest absolute Gasteiger partial charge is 0.268 e. The Morgan fingerprint density at radius 3 is 2.55 bits per heavy atom. The first-order chi connectivity index (χ1) is 13.7. The molecule has 0 aliphatic heterocycles. The monoisotopic (exact) mass is 469 g/mol. The van der Waals surface area contributed by atoms with Crippen LogP contribution in [0.4, 0.5) is 8.78 Å². The Balaban J connectivity index is 0.000000612. The normalized spacial score (nSPS) is 10.9. The second-order valence-corrected chi connectivity index (χ2v) is 7.11. The molecule has 1 heterocycles. The maximum Gasteiger partial charge on any atom is 0.268 e. The van der Waals surface area contributed by atoms with Crippen LogP contribution in [0.25, 0.3) is 0 Å². The summed E-state index contributed by atoms with van der Waals surface area (Å²) in [5, 5.41) is 8.27. The number of rotatable bonds is 7. The molecule has 0 saturated carbocycles. The second-order valence-electron chi connectivity index (χ2n) is 6.32. The third kappa shape index (κ3) is 7.59. The van der Waals surface area contributed by atoms with Gasteiger partial charge < -0.3 is 14.4 Å². The number of halogens is 3. The van der Waals surface area contributed by atoms with Crippen molar-refractivity contribution in [3.05, 3.63) is 86.3 Å². The molecule has 0 fully saturated rings. The third-order valence-corrected chi connectivity index (χ3v) is 4.84. The standard InChI is InChI=1S/C17H16BrF2NO2.C5H10O/c1-3-4-7-21-11(2)8-15(16(18)17(21)22)23-10-12-5-6-13(19)9-14(12)20;1-3-5(2)4-6/h3,5-6,8-9H,1,4,7,10H2,2H3;3,6H,4H2,1-2H3/b;5-3+. The van der Waals surface area contributed by atoms with Crippen LogP contribution in [-0.2, 0) is 13.2 Å². The minimum Gasteiger partial charge on any atom is -0.487 e. The molecule has 1 N–H and O–H groups in total. The van der Waals surface area contributed by atoms with Crippen LogP contribution in [0, 0.1) is 18.6 Å². The molecule has 2 aromatic rings. The summed E-state index contributed by atoms with van der Waals surface area (Å²) in [6.07, 6.45) is 4.30. The number of hydrogen-bond acceptors (Lipinski definition) is 3. The molecule has 0 saturated heterocycles. The molecular formula is C22H26BrF2NO3. The molecule has 1 aromatic heterocycles. The molecule has 0 bridgehead atoms. The summed E-state index contributed by atoms with van der Waals surface area (Å²) in [4.78, 5) is 12.3. The zero-order valence-corrected chi connectivity index (χ0v) is 18.4. The lowest BCUT2D eigenvalue weighted by molar-refractivity contribution is 0.295. The van der Waals surface area contributed by atoms with E-state index in [1.807, 2.05) is 19.9 Å². The Kier molecular flexibility index (Phi) is 10.5. The van der Waals surface area contributed by atoms with Gasteiger partial charge in [0.1, 0.15) is 28.5 Å². The first-order valence-corrected chi connectivity index (χ1v) is 9.84. The van der Waals surface area contributed by atoms with Gasteiger partial charge in [-0.2, -0.15) is 0 Å². The molecule has 4 nitrogen and oxygen atoms in total. The van der Waals surface area contributed by atoms with Gasteiger partial charge in [-0.3, -0.25) is 4.79 Å². The van der Waals surface area contributed by atoms with Crippen molar-refractivity contribution in [2.75, 3.05) is 6.61 Å². The quantitative estimate of drug-likeness (QED) is 0.559. The highest BCUT2D eigenvalue weighted by Crippen LogP contribution is 2.24. The Labute approximate surface area is 178 Å². The Morgan fingerprint density at radius 2 is 2.03 bits per heavy atom. The zero-order valence-electron chi connectivity index (χ0n) is 16.8. The number of aromatic nitrogens is 1. The Hall–Kier alpha value is -2.25. The summed E-state index contributed by atoms with van der Waals surface area (Å²) in [6, 6.07) is 4.98. The van der Waals surface area contributed by atoms with E-state index in [0.29, 0.717) is 18.7 Å². The Bertz CT molecular complexity index is 923. The molecule has 1 aromatic carbocycles. The van der Waals surface area contributed by atoms with Crippen LogP contribution >= 0.6 is 15.9 Å². The van der Waals surface area contributed by atoms with E-state index in [0.717, 1.165) is 23.4 Å². The van der Waals surface area contributed by atoms with Crippen LogP contribution in [0.5, 0.6) is 5.75 Å². The van der Waals surface area contributed by atoms with E-state index in [-0.39, 0.29) is 28.8 Å². The number of ether oxygens (including phenoxy) is 1. The van der Waals surface area contributed by atoms with Crippen molar-refractivity contribution in [2.45, 2.75) is 40.3 Å². The minimum absolute atomic E-state index is 0.0970. The average molecular weight is 470 g/mol. The van der Waals surface area contributed by atoms with E-state index < -0.39 is 11.6 Å². The van der Waals surface area contributed by atoms with E-state index in [4.69, 9.17) is 9.84 Å². The van der Waals surface area contributed by atoms with E-state index in [1.54, 1.807) is 23.6 Å². The van der Waals surface area contributed by atoms with Crippen molar-refractivity contribution in [2.24, 2.45) is 0 Å². The van der Waals surface area contributed by atoms with Crippen molar-refractivity contribution in [1.82, 2.24) is 4.57 Å². The zero-order chi connectivity index (χ0) is 22.0. The highest BCUT2D eigenvalue weighted by molar-refractivity contribution is 9.10. The van der Waals surface area contributed by atoms with Gasteiger partial charge in [-0.1, -0.05) is 17.7 Å². The predicted molar refractivity (Wildman–Crippen MR) is 115 cm³/mol. The summed E-state index contributed by atoms with van der Waals surface area (Å²) in [5.41, 5.74) is 1.75. The number of aliphatic hydroxyl groups excluding tert-OH is 1. The van der Waals surface area contributed by atoms with Crippen LogP contribution in [0.3, 0.4) is 0 Å². The van der Waals surface area contributed by atoms with Crippen LogP contribution in [0.1, 0.15) is 31.5 Å². The number of nitrogens with zero attached hydrogens (tertiary/aromatic N) is 1. The fourth-order valence-corrected chi connectivity index (χ4v) is 2.65. The van der Waals surface area contributed by atoms with Gasteiger partial charge in [0.25, 0.3) is 5.56 Å². The molecule has 0 radical (unpaired) electrons. The minimum atomic E-state index is -0.683. The van der Waals surface area contributed by atoms with Crippen LogP contribution in [0.2, 0.25) is 0 Å². The number of allylic oxidation sites excluding steroid dienone is 2. The number of benzene rings is 1. The summed E-state index contributed by atoms with van der Waals surface area (Å²) in [5.74, 6) is -1.00. The third-order valence-electron chi connectivity index (χ3n) is 4.11. The molecule has 0 unspecified atom stereocenters. The lowest BCUT2D eigenvalue weighted by atomic mass is 10.2. The maximum atomic E-state index is 13.6. The van der Waals surface area contributed by atoms with Crippen molar-refractivity contribution < 1.29 is 18.6 Å². The van der Waals surface area contributed by atoms with E-state index in [2.05, 4.69) is 22.5 Å². The number of hydrogen-bond donors (Lipinski definition) is 1. The van der Waals surface area contributed by atoms with E-state index in [9.17, 15) is 13.6 Å². The lowest BCUT2D eigenvalue weighted by Crippen LogP contribution is -2.23. The number of aliphatic hydroxyl groups is 1. The van der Waals surface area contributed by atoms with Gasteiger partial charge in [-0.25, -0.2) is 8.78 Å². The van der Waals surface area contributed by atoms with Crippen LogP contribution in [0.15, 0.2) is 57.8 Å². The molecular weight excluding hydrogens is 444 g/mol. The molecule has 2 rings (SSSR count). The molecule has 7 heteroatoms. The number of aryl methyl sites for hydroxylation is 1. The van der Waals surface area contributed by atoms with Crippen molar-refractivity contribution in [3.8, 4) is 5.75 Å². The predicted octanol–water partition coefficient (Wildman–Crippen LogP) is 5.30. The highest BCUT2D eigenvalue weighted by Gasteiger charge is 2.13. The van der Waals surface area contributed by atoms with Crippen LogP contribution in [-0.4, -0.2) is 16.3 Å². The van der Waals surface area contributed by atoms with E-state index >= 15 is 0 Å². The van der Waals surface area contributed by atoms with Gasteiger partial charge in [0.2, 0.25) is 0 Å². The summed E-state index contributed by atoms with van der Waals surface area (Å²) >= 11 is 3.22. The largest absolute Gasteiger partial charge is 0.487 e. The van der Waals surface area contributed by atoms with Gasteiger partial charge in [0, 0.05) is 29.9 Å². The maximum absolute atomic E-state index is 13.6. The summed E-state index contributed by atoms with van der Waals surface area (Å²) in [7, 11) is 0. The van der Waals surface area contributed by atoms with Crippen molar-refractivity contribution in [3.63, 3.8) is 0 Å². The molecule has 0 aliphatic rings. The average Bonchev–Trinajstić information content (AvgIpc) is 2.70. The molecule has 158 valence electrons. The highest BCUT2D eigenvalue weighted by atomic mass is 79.9. The van der Waals surface area contributed by atoms with Crippen molar-refractivity contribution in [1.29, 1.82) is 0 Å². The molecule has 29 heavy (non-hydrogen) atoms. The first kappa shape index (κ1) is 24.8. The molecule has 0 aliphatic carbocycles. The van der Waals surface area contributed by atoms with Gasteiger partial charge in [0.05, 0.1) is 6.61 Å². The van der Waals surface area contributed by atoms with Gasteiger partial charge in [-0.15, -0.1) is 6.58 Å². The first-order valence-electron chi connectivity index (χ1n) is 9.05. The van der Waals surface area contributed by atoms with Crippen molar-refractivity contribution >= 4 is 15.9 Å². The Morgan fingerprint density at radius 1 is 1.34 bits per heavy atom. The van der Waals surface area contributed by atoms with Gasteiger partial charge in [0.15, 0.2) is 0 Å². The molecule has 0 atom stereocenters. The van der Waals surface area contributed by atoms with E-state index in [1.165, 1.54) is 6.07 Å². The summed E-state index contributed by atoms with van der Waals surface area (Å²) < 4.78 is 33.9. The fourth-order valence-electron chi connectivity index (χ4n) is 2.20. The molecule has 0 spiro atoms.